The van der Waals surface area contributed by atoms with Crippen molar-refractivity contribution in [3.63, 3.8) is 0 Å². The number of hydrogen-bond donors (Lipinski definition) is 2. The third kappa shape index (κ3) is 4.81. The summed E-state index contributed by atoms with van der Waals surface area (Å²) in [5.74, 6) is -0.120. The molecule has 0 spiro atoms. The molecule has 3 aliphatic rings. The van der Waals surface area contributed by atoms with E-state index in [1.807, 2.05) is 4.90 Å². The van der Waals surface area contributed by atoms with E-state index in [0.29, 0.717) is 31.6 Å². The topological polar surface area (TPSA) is 96.0 Å². The summed E-state index contributed by atoms with van der Waals surface area (Å²) in [5, 5.41) is 18.8. The van der Waals surface area contributed by atoms with Crippen LogP contribution in [0.25, 0.3) is 10.9 Å². The van der Waals surface area contributed by atoms with Crippen LogP contribution in [-0.2, 0) is 31.0 Å². The zero-order valence-corrected chi connectivity index (χ0v) is 21.4. The van der Waals surface area contributed by atoms with Crippen LogP contribution in [-0.4, -0.2) is 86.5 Å². The van der Waals surface area contributed by atoms with Crippen molar-refractivity contribution in [1.82, 2.24) is 29.8 Å². The molecule has 2 fully saturated rings. The Labute approximate surface area is 216 Å². The summed E-state index contributed by atoms with van der Waals surface area (Å²) in [6, 6.07) is 9.83. The van der Waals surface area contributed by atoms with Crippen LogP contribution >= 0.6 is 0 Å². The number of amides is 2. The number of nitrogens with zero attached hydrogens (tertiary/aromatic N) is 5. The minimum atomic E-state index is -0.197. The number of benzene rings is 2. The number of piperidine rings is 1. The van der Waals surface area contributed by atoms with Gasteiger partial charge in [0.15, 0.2) is 0 Å². The first-order chi connectivity index (χ1) is 17.9. The molecule has 3 aliphatic heterocycles. The minimum absolute atomic E-state index is 0.0616. The normalized spacial score (nSPS) is 19.1. The number of aromatic nitrogens is 2. The second kappa shape index (κ2) is 9.79. The quantitative estimate of drug-likeness (QED) is 0.557. The number of fused-ring (bicyclic) bond motifs is 2. The summed E-state index contributed by atoms with van der Waals surface area (Å²) in [6.45, 7) is 7.44. The van der Waals surface area contributed by atoms with Crippen molar-refractivity contribution >= 4 is 22.7 Å². The van der Waals surface area contributed by atoms with E-state index in [9.17, 15) is 14.7 Å². The smallest absolute Gasteiger partial charge is 0.258 e. The summed E-state index contributed by atoms with van der Waals surface area (Å²) in [7, 11) is 2.16. The number of phenols is 1. The number of carbonyl (C=O) groups excluding carboxylic acids is 2. The number of hydrogen-bond acceptors (Lipinski definition) is 6. The van der Waals surface area contributed by atoms with Gasteiger partial charge in [-0.2, -0.15) is 5.10 Å². The van der Waals surface area contributed by atoms with Gasteiger partial charge in [-0.1, -0.05) is 18.2 Å². The number of piperazine rings is 1. The van der Waals surface area contributed by atoms with Gasteiger partial charge in [-0.05, 0) is 42.6 Å². The average molecular weight is 503 g/mol. The number of phenolic OH excluding ortho intramolecular Hbond substituents is 1. The fourth-order valence-corrected chi connectivity index (χ4v) is 5.73. The number of aromatic amines is 1. The molecule has 9 heteroatoms. The molecule has 4 heterocycles. The molecule has 0 bridgehead atoms. The summed E-state index contributed by atoms with van der Waals surface area (Å²) in [5.41, 5.74) is 5.25. The molecular formula is C28H34N6O3. The second-order valence-corrected chi connectivity index (χ2v) is 10.7. The first-order valence-electron chi connectivity index (χ1n) is 13.2. The van der Waals surface area contributed by atoms with Crippen LogP contribution in [0.5, 0.6) is 5.75 Å². The van der Waals surface area contributed by atoms with Gasteiger partial charge >= 0.3 is 0 Å². The monoisotopic (exact) mass is 502 g/mol. The van der Waals surface area contributed by atoms with Crippen molar-refractivity contribution in [2.75, 3.05) is 39.8 Å². The molecule has 0 atom stereocenters. The van der Waals surface area contributed by atoms with Gasteiger partial charge in [-0.3, -0.25) is 19.6 Å². The predicted molar refractivity (Wildman–Crippen MR) is 140 cm³/mol. The molecular weight excluding hydrogens is 468 g/mol. The van der Waals surface area contributed by atoms with E-state index in [4.69, 9.17) is 0 Å². The number of rotatable bonds is 5. The molecule has 2 amide bonds. The molecule has 0 unspecified atom stereocenters. The number of aromatic hydroxyl groups is 1. The van der Waals surface area contributed by atoms with Gasteiger partial charge < -0.3 is 19.8 Å². The molecule has 1 aromatic heterocycles. The zero-order chi connectivity index (χ0) is 25.5. The third-order valence-electron chi connectivity index (χ3n) is 8.03. The Balaban J connectivity index is 1.18. The Kier molecular flexibility index (Phi) is 6.34. The second-order valence-electron chi connectivity index (χ2n) is 10.7. The van der Waals surface area contributed by atoms with Crippen LogP contribution < -0.4 is 0 Å². The van der Waals surface area contributed by atoms with Crippen LogP contribution in [0.4, 0.5) is 0 Å². The first-order valence-corrected chi connectivity index (χ1v) is 13.2. The predicted octanol–water partition coefficient (Wildman–Crippen LogP) is 2.68. The Morgan fingerprint density at radius 1 is 1.00 bits per heavy atom. The van der Waals surface area contributed by atoms with Crippen molar-refractivity contribution in [2.24, 2.45) is 0 Å². The molecule has 3 aromatic rings. The largest absolute Gasteiger partial charge is 0.507 e. The van der Waals surface area contributed by atoms with Gasteiger partial charge in [-0.15, -0.1) is 0 Å². The van der Waals surface area contributed by atoms with Gasteiger partial charge in [-0.25, -0.2) is 0 Å². The Morgan fingerprint density at radius 2 is 1.81 bits per heavy atom. The Morgan fingerprint density at radius 3 is 2.62 bits per heavy atom. The lowest BCUT2D eigenvalue weighted by atomic mass is 10.1. The molecule has 2 N–H and O–H groups in total. The van der Waals surface area contributed by atoms with Crippen molar-refractivity contribution < 1.29 is 14.7 Å². The van der Waals surface area contributed by atoms with Crippen molar-refractivity contribution in [3.8, 4) is 5.75 Å². The van der Waals surface area contributed by atoms with E-state index in [1.54, 1.807) is 17.0 Å². The Bertz CT molecular complexity index is 1340. The van der Waals surface area contributed by atoms with E-state index in [0.717, 1.165) is 68.8 Å². The maximum atomic E-state index is 13.5. The fraction of sp³-hybridized carbons (Fsp3) is 0.464. The van der Waals surface area contributed by atoms with E-state index >= 15 is 0 Å². The van der Waals surface area contributed by atoms with Crippen LogP contribution in [0, 0.1) is 0 Å². The summed E-state index contributed by atoms with van der Waals surface area (Å²) < 4.78 is 0. The molecule has 6 rings (SSSR count). The molecule has 0 radical (unpaired) electrons. The summed E-state index contributed by atoms with van der Waals surface area (Å²) in [6.07, 6.45) is 2.49. The third-order valence-corrected chi connectivity index (χ3v) is 8.03. The number of carbonyl (C=O) groups is 2. The lowest BCUT2D eigenvalue weighted by Gasteiger charge is -2.32. The molecule has 9 nitrogen and oxygen atoms in total. The van der Waals surface area contributed by atoms with Gasteiger partial charge in [0.05, 0.1) is 23.3 Å². The van der Waals surface area contributed by atoms with Crippen LogP contribution in [0.2, 0.25) is 0 Å². The van der Waals surface area contributed by atoms with E-state index in [2.05, 4.69) is 45.2 Å². The SMILES string of the molecule is CN1CCN(Cc2ccc3c(c2)CN(C(=O)c2cc4c(CN5CCCCC5=O)n[nH]c4cc2O)C3)CC1. The van der Waals surface area contributed by atoms with Gasteiger partial charge in [0.2, 0.25) is 5.91 Å². The van der Waals surface area contributed by atoms with Gasteiger partial charge in [0.25, 0.3) is 5.91 Å². The summed E-state index contributed by atoms with van der Waals surface area (Å²) in [4.78, 5) is 34.3. The van der Waals surface area contributed by atoms with Crippen molar-refractivity contribution in [3.05, 3.63) is 58.3 Å². The molecule has 37 heavy (non-hydrogen) atoms. The highest BCUT2D eigenvalue weighted by Gasteiger charge is 2.28. The molecule has 0 saturated carbocycles. The highest BCUT2D eigenvalue weighted by Crippen LogP contribution is 2.31. The Hall–Kier alpha value is -3.43. The average Bonchev–Trinajstić information content (AvgIpc) is 3.49. The first kappa shape index (κ1) is 23.9. The molecule has 194 valence electrons. The number of likely N-dealkylation sites (tertiary alicyclic amines) is 1. The maximum absolute atomic E-state index is 13.5. The zero-order valence-electron chi connectivity index (χ0n) is 21.4. The molecule has 2 aromatic carbocycles. The van der Waals surface area contributed by atoms with E-state index in [-0.39, 0.29) is 23.1 Å². The molecule has 0 aliphatic carbocycles. The van der Waals surface area contributed by atoms with Crippen LogP contribution in [0.15, 0.2) is 30.3 Å². The van der Waals surface area contributed by atoms with Crippen LogP contribution in [0.1, 0.15) is 52.0 Å². The fourth-order valence-electron chi connectivity index (χ4n) is 5.73. The van der Waals surface area contributed by atoms with Crippen molar-refractivity contribution in [2.45, 2.75) is 45.4 Å². The summed E-state index contributed by atoms with van der Waals surface area (Å²) >= 11 is 0. The van der Waals surface area contributed by atoms with E-state index in [1.165, 1.54) is 11.1 Å². The lowest BCUT2D eigenvalue weighted by molar-refractivity contribution is -0.133. The number of likely N-dealkylation sites (N-methyl/N-ethyl adjacent to an activating group) is 1. The standard InChI is InChI=1S/C28H34N6O3/c1-31-8-10-32(11-9-31)15-19-5-6-20-16-34(17-21(20)12-19)28(37)23-13-22-24(14-26(23)35)29-30-25(22)18-33-7-3-2-4-27(33)36/h5-6,12-14,35H,2-4,7-11,15-18H2,1H3,(H,29,30). The highest BCUT2D eigenvalue weighted by molar-refractivity contribution is 6.01. The number of nitrogens with one attached hydrogen (secondary N) is 1. The van der Waals surface area contributed by atoms with Crippen molar-refractivity contribution in [1.29, 1.82) is 0 Å². The number of H-pyrrole nitrogens is 1. The maximum Gasteiger partial charge on any atom is 0.258 e. The van der Waals surface area contributed by atoms with E-state index < -0.39 is 0 Å². The van der Waals surface area contributed by atoms with Gasteiger partial charge in [0, 0.05) is 70.2 Å². The highest BCUT2D eigenvalue weighted by atomic mass is 16.3. The van der Waals surface area contributed by atoms with Gasteiger partial charge in [0.1, 0.15) is 5.75 Å². The van der Waals surface area contributed by atoms with Crippen LogP contribution in [0.3, 0.4) is 0 Å². The molecule has 2 saturated heterocycles. The lowest BCUT2D eigenvalue weighted by Crippen LogP contribution is -2.43. The minimum Gasteiger partial charge on any atom is -0.507 e.